The number of carboxylic acids is 1. The average Bonchev–Trinajstić information content (AvgIpc) is 2.20. The van der Waals surface area contributed by atoms with E-state index in [-0.39, 0.29) is 11.2 Å². The number of carboxylic acid groups (broad SMARTS) is 1. The van der Waals surface area contributed by atoms with Gasteiger partial charge in [-0.2, -0.15) is 0 Å². The summed E-state index contributed by atoms with van der Waals surface area (Å²) in [6.45, 7) is 6.41. The normalized spacial score (nSPS) is 26.8. The lowest BCUT2D eigenvalue weighted by atomic mass is 9.62. The number of benzene rings is 1. The number of thioether (sulfide) groups is 1. The molecule has 4 heteroatoms. The SMILES string of the molecule is CC(C)(C)C1CC(Sc2cccc(F)c2)(C(=O)O)C1. The van der Waals surface area contributed by atoms with Crippen LogP contribution >= 0.6 is 11.8 Å². The molecule has 1 aromatic rings. The van der Waals surface area contributed by atoms with Crippen molar-refractivity contribution in [3.8, 4) is 0 Å². The van der Waals surface area contributed by atoms with E-state index >= 15 is 0 Å². The molecule has 2 rings (SSSR count). The van der Waals surface area contributed by atoms with Gasteiger partial charge in [0.05, 0.1) is 0 Å². The summed E-state index contributed by atoms with van der Waals surface area (Å²) in [6.07, 6.45) is 1.29. The molecule has 0 aliphatic heterocycles. The predicted octanol–water partition coefficient (Wildman–Crippen LogP) is 4.20. The van der Waals surface area contributed by atoms with Gasteiger partial charge in [0.1, 0.15) is 10.6 Å². The van der Waals surface area contributed by atoms with Gasteiger partial charge in [0.2, 0.25) is 0 Å². The lowest BCUT2D eigenvalue weighted by molar-refractivity contribution is -0.145. The molecule has 0 atom stereocenters. The van der Waals surface area contributed by atoms with E-state index < -0.39 is 10.7 Å². The summed E-state index contributed by atoms with van der Waals surface area (Å²) in [7, 11) is 0. The molecule has 0 saturated heterocycles. The number of hydrogen-bond acceptors (Lipinski definition) is 2. The summed E-state index contributed by atoms with van der Waals surface area (Å²) in [4.78, 5) is 12.2. The van der Waals surface area contributed by atoms with E-state index in [1.54, 1.807) is 12.1 Å². The van der Waals surface area contributed by atoms with Gasteiger partial charge in [0, 0.05) is 4.90 Å². The minimum absolute atomic E-state index is 0.126. The van der Waals surface area contributed by atoms with E-state index in [4.69, 9.17) is 0 Å². The highest BCUT2D eigenvalue weighted by Crippen LogP contribution is 2.56. The summed E-state index contributed by atoms with van der Waals surface area (Å²) >= 11 is 1.28. The van der Waals surface area contributed by atoms with Crippen molar-refractivity contribution in [2.45, 2.75) is 43.3 Å². The van der Waals surface area contributed by atoms with Gasteiger partial charge in [0.25, 0.3) is 0 Å². The van der Waals surface area contributed by atoms with Crippen molar-refractivity contribution in [3.05, 3.63) is 30.1 Å². The molecule has 2 nitrogen and oxygen atoms in total. The monoisotopic (exact) mass is 282 g/mol. The maximum atomic E-state index is 13.2. The fraction of sp³-hybridized carbons (Fsp3) is 0.533. The quantitative estimate of drug-likeness (QED) is 0.903. The zero-order valence-electron chi connectivity index (χ0n) is 11.4. The lowest BCUT2D eigenvalue weighted by Gasteiger charge is -2.49. The Kier molecular flexibility index (Phi) is 3.65. The van der Waals surface area contributed by atoms with E-state index in [1.807, 2.05) is 0 Å². The predicted molar refractivity (Wildman–Crippen MR) is 74.8 cm³/mol. The smallest absolute Gasteiger partial charge is 0.320 e. The number of rotatable bonds is 3. The van der Waals surface area contributed by atoms with Crippen molar-refractivity contribution in [2.75, 3.05) is 0 Å². The summed E-state index contributed by atoms with van der Waals surface area (Å²) < 4.78 is 12.4. The fourth-order valence-corrected chi connectivity index (χ4v) is 3.83. The van der Waals surface area contributed by atoms with Crippen LogP contribution in [-0.4, -0.2) is 15.8 Å². The molecule has 1 saturated carbocycles. The second kappa shape index (κ2) is 4.82. The first-order valence-electron chi connectivity index (χ1n) is 6.41. The van der Waals surface area contributed by atoms with Crippen LogP contribution in [0.5, 0.6) is 0 Å². The third-order valence-corrected chi connectivity index (χ3v) is 5.26. The molecule has 1 aliphatic carbocycles. The molecule has 104 valence electrons. The van der Waals surface area contributed by atoms with E-state index in [1.165, 1.54) is 23.9 Å². The van der Waals surface area contributed by atoms with Crippen LogP contribution in [0, 0.1) is 17.2 Å². The Morgan fingerprint density at radius 3 is 2.53 bits per heavy atom. The number of aliphatic carboxylic acids is 1. The van der Waals surface area contributed by atoms with Crippen molar-refractivity contribution in [2.24, 2.45) is 11.3 Å². The molecule has 0 spiro atoms. The largest absolute Gasteiger partial charge is 0.480 e. The molecule has 0 amide bonds. The molecule has 0 unspecified atom stereocenters. The Hall–Kier alpha value is -1.03. The Balaban J connectivity index is 2.14. The molecular formula is C15H19FO2S. The van der Waals surface area contributed by atoms with Crippen molar-refractivity contribution >= 4 is 17.7 Å². The summed E-state index contributed by atoms with van der Waals surface area (Å²) in [6, 6.07) is 6.16. The molecule has 1 aromatic carbocycles. The van der Waals surface area contributed by atoms with Gasteiger partial charge in [-0.3, -0.25) is 4.79 Å². The molecule has 1 aliphatic rings. The maximum absolute atomic E-state index is 13.2. The van der Waals surface area contributed by atoms with E-state index in [0.717, 1.165) is 0 Å². The molecule has 19 heavy (non-hydrogen) atoms. The van der Waals surface area contributed by atoms with Crippen molar-refractivity contribution in [3.63, 3.8) is 0 Å². The van der Waals surface area contributed by atoms with Crippen LogP contribution in [0.25, 0.3) is 0 Å². The fourth-order valence-electron chi connectivity index (χ4n) is 2.41. The first kappa shape index (κ1) is 14.4. The van der Waals surface area contributed by atoms with Gasteiger partial charge in [0.15, 0.2) is 0 Å². The van der Waals surface area contributed by atoms with Crippen LogP contribution < -0.4 is 0 Å². The second-order valence-electron chi connectivity index (χ2n) is 6.33. The van der Waals surface area contributed by atoms with Crippen LogP contribution in [0.1, 0.15) is 33.6 Å². The van der Waals surface area contributed by atoms with Gasteiger partial charge in [-0.25, -0.2) is 4.39 Å². The average molecular weight is 282 g/mol. The minimum Gasteiger partial charge on any atom is -0.480 e. The number of halogens is 1. The zero-order chi connectivity index (χ0) is 14.3. The molecule has 0 radical (unpaired) electrons. The summed E-state index contributed by atoms with van der Waals surface area (Å²) in [5.41, 5.74) is 0.126. The molecule has 1 N–H and O–H groups in total. The third-order valence-electron chi connectivity index (χ3n) is 3.88. The van der Waals surface area contributed by atoms with Crippen LogP contribution in [0.4, 0.5) is 4.39 Å². The second-order valence-corrected chi connectivity index (χ2v) is 7.79. The highest BCUT2D eigenvalue weighted by atomic mass is 32.2. The number of carbonyl (C=O) groups is 1. The first-order valence-corrected chi connectivity index (χ1v) is 7.23. The molecule has 0 heterocycles. The minimum atomic E-state index is -0.790. The van der Waals surface area contributed by atoms with Crippen LogP contribution in [0.2, 0.25) is 0 Å². The highest BCUT2D eigenvalue weighted by Gasteiger charge is 2.54. The number of hydrogen-bond donors (Lipinski definition) is 1. The third kappa shape index (κ3) is 2.94. The van der Waals surface area contributed by atoms with Crippen LogP contribution in [0.15, 0.2) is 29.2 Å². The summed E-state index contributed by atoms with van der Waals surface area (Å²) in [5, 5.41) is 9.48. The van der Waals surface area contributed by atoms with Crippen LogP contribution in [-0.2, 0) is 4.79 Å². The maximum Gasteiger partial charge on any atom is 0.320 e. The van der Waals surface area contributed by atoms with E-state index in [9.17, 15) is 14.3 Å². The summed E-state index contributed by atoms with van der Waals surface area (Å²) in [5.74, 6) is -0.704. The zero-order valence-corrected chi connectivity index (χ0v) is 12.3. The topological polar surface area (TPSA) is 37.3 Å². The van der Waals surface area contributed by atoms with Gasteiger partial charge in [-0.15, -0.1) is 11.8 Å². The van der Waals surface area contributed by atoms with Crippen LogP contribution in [0.3, 0.4) is 0 Å². The first-order chi connectivity index (χ1) is 8.73. The van der Waals surface area contributed by atoms with E-state index in [2.05, 4.69) is 20.8 Å². The standard InChI is InChI=1S/C15H19FO2S/c1-14(2,3)10-8-15(9-10,13(17)18)19-12-6-4-5-11(16)7-12/h4-7,10H,8-9H2,1-3H3,(H,17,18). The van der Waals surface area contributed by atoms with Crippen molar-refractivity contribution < 1.29 is 14.3 Å². The van der Waals surface area contributed by atoms with Gasteiger partial charge in [-0.1, -0.05) is 26.8 Å². The highest BCUT2D eigenvalue weighted by molar-refractivity contribution is 8.01. The lowest BCUT2D eigenvalue weighted by Crippen LogP contribution is -2.51. The molecule has 0 aromatic heterocycles. The van der Waals surface area contributed by atoms with Gasteiger partial charge >= 0.3 is 5.97 Å². The van der Waals surface area contributed by atoms with E-state index in [0.29, 0.717) is 23.7 Å². The van der Waals surface area contributed by atoms with Crippen molar-refractivity contribution in [1.82, 2.24) is 0 Å². The van der Waals surface area contributed by atoms with Gasteiger partial charge < -0.3 is 5.11 Å². The Morgan fingerprint density at radius 2 is 2.05 bits per heavy atom. The van der Waals surface area contributed by atoms with Crippen molar-refractivity contribution in [1.29, 1.82) is 0 Å². The Bertz CT molecular complexity index is 487. The molecule has 1 fully saturated rings. The Morgan fingerprint density at radius 1 is 1.42 bits per heavy atom. The van der Waals surface area contributed by atoms with Gasteiger partial charge in [-0.05, 0) is 42.4 Å². The molecular weight excluding hydrogens is 263 g/mol. The molecule has 0 bridgehead atoms. The Labute approximate surface area is 117 Å².